The maximum atomic E-state index is 12.8. The number of nitrogens with zero attached hydrogens (tertiary/aromatic N) is 2. The summed E-state index contributed by atoms with van der Waals surface area (Å²) < 4.78 is 11.9. The molecular weight excluding hydrogens is 394 g/mol. The number of aryl methyl sites for hydroxylation is 1. The van der Waals surface area contributed by atoms with E-state index in [4.69, 9.17) is 9.47 Å². The second-order valence-corrected chi connectivity index (χ2v) is 7.11. The normalized spacial score (nSPS) is 26.0. The van der Waals surface area contributed by atoms with Gasteiger partial charge in [0.25, 0.3) is 5.91 Å². The van der Waals surface area contributed by atoms with Crippen molar-refractivity contribution in [3.8, 4) is 0 Å². The molecule has 3 rings (SSSR count). The van der Waals surface area contributed by atoms with Crippen LogP contribution in [-0.4, -0.2) is 69.4 Å². The Morgan fingerprint density at radius 1 is 1.33 bits per heavy atom. The molecule has 0 bridgehead atoms. The number of aromatic nitrogens is 2. The Labute approximate surface area is 172 Å². The van der Waals surface area contributed by atoms with Crippen LogP contribution in [0.5, 0.6) is 0 Å². The van der Waals surface area contributed by atoms with Crippen LogP contribution in [0, 0.1) is 6.92 Å². The number of rotatable bonds is 7. The molecule has 0 radical (unpaired) electrons. The smallest absolute Gasteiger partial charge is 0.351 e. The van der Waals surface area contributed by atoms with Gasteiger partial charge in [-0.1, -0.05) is 18.2 Å². The van der Waals surface area contributed by atoms with E-state index in [-0.39, 0.29) is 18.8 Å². The van der Waals surface area contributed by atoms with Crippen molar-refractivity contribution in [3.63, 3.8) is 0 Å². The lowest BCUT2D eigenvalue weighted by Gasteiger charge is -2.34. The summed E-state index contributed by atoms with van der Waals surface area (Å²) >= 11 is 0. The Bertz CT molecular complexity index is 949. The van der Waals surface area contributed by atoms with Gasteiger partial charge in [-0.05, 0) is 19.1 Å². The van der Waals surface area contributed by atoms with Crippen LogP contribution in [0.15, 0.2) is 41.3 Å². The van der Waals surface area contributed by atoms with Crippen molar-refractivity contribution in [1.82, 2.24) is 9.55 Å². The molecule has 1 aromatic heterocycles. The molecule has 1 aromatic carbocycles. The molecule has 0 spiro atoms. The standard InChI is InChI=1S/C20H25N3O7/c1-12-10-23(20(8-9-29-2)16(26)15(25)14(11-24)30-20)19(28)22-17(12)21-18(27)13-6-4-3-5-7-13/h3-7,10,14-16,24-26H,8-9,11H2,1-2H3,(H,21,22,27,28)/t14-,15-,16-,20-/m1/s1. The predicted octanol–water partition coefficient (Wildman–Crippen LogP) is -0.394. The van der Waals surface area contributed by atoms with Gasteiger partial charge in [-0.15, -0.1) is 0 Å². The zero-order chi connectivity index (χ0) is 21.9. The van der Waals surface area contributed by atoms with Gasteiger partial charge in [0.2, 0.25) is 0 Å². The van der Waals surface area contributed by atoms with Crippen molar-refractivity contribution in [2.75, 3.05) is 25.6 Å². The van der Waals surface area contributed by atoms with Gasteiger partial charge >= 0.3 is 5.69 Å². The van der Waals surface area contributed by atoms with E-state index in [2.05, 4.69) is 10.3 Å². The number of benzene rings is 1. The van der Waals surface area contributed by atoms with E-state index in [0.29, 0.717) is 11.1 Å². The largest absolute Gasteiger partial charge is 0.394 e. The third-order valence-electron chi connectivity index (χ3n) is 5.15. The molecule has 2 heterocycles. The molecule has 0 saturated carbocycles. The van der Waals surface area contributed by atoms with Gasteiger partial charge in [-0.3, -0.25) is 9.36 Å². The van der Waals surface area contributed by atoms with Crippen LogP contribution in [0.3, 0.4) is 0 Å². The average molecular weight is 419 g/mol. The van der Waals surface area contributed by atoms with Gasteiger partial charge in [0, 0.05) is 30.9 Å². The molecule has 1 aliphatic heterocycles. The number of amides is 1. The monoisotopic (exact) mass is 419 g/mol. The van der Waals surface area contributed by atoms with Crippen molar-refractivity contribution in [2.45, 2.75) is 37.4 Å². The van der Waals surface area contributed by atoms with Crippen LogP contribution < -0.4 is 11.0 Å². The van der Waals surface area contributed by atoms with Crippen LogP contribution in [-0.2, 0) is 15.2 Å². The quantitative estimate of drug-likeness (QED) is 0.475. The second kappa shape index (κ2) is 9.02. The highest BCUT2D eigenvalue weighted by molar-refractivity contribution is 6.03. The van der Waals surface area contributed by atoms with E-state index >= 15 is 0 Å². The molecule has 0 unspecified atom stereocenters. The number of hydrogen-bond acceptors (Lipinski definition) is 8. The van der Waals surface area contributed by atoms with E-state index in [1.54, 1.807) is 37.3 Å². The highest BCUT2D eigenvalue weighted by Gasteiger charge is 2.55. The predicted molar refractivity (Wildman–Crippen MR) is 106 cm³/mol. The molecule has 30 heavy (non-hydrogen) atoms. The van der Waals surface area contributed by atoms with E-state index < -0.39 is 42.2 Å². The maximum absolute atomic E-state index is 12.8. The summed E-state index contributed by atoms with van der Waals surface area (Å²) in [5.41, 5.74) is -1.64. The molecule has 4 N–H and O–H groups in total. The first kappa shape index (κ1) is 22.1. The lowest BCUT2D eigenvalue weighted by atomic mass is 9.99. The number of nitrogens with one attached hydrogen (secondary N) is 1. The first-order chi connectivity index (χ1) is 14.3. The second-order valence-electron chi connectivity index (χ2n) is 7.11. The molecule has 4 atom stereocenters. The molecule has 1 fully saturated rings. The highest BCUT2D eigenvalue weighted by Crippen LogP contribution is 2.38. The fraction of sp³-hybridized carbons (Fsp3) is 0.450. The number of ether oxygens (including phenoxy) is 2. The number of carbonyl (C=O) groups excluding carboxylic acids is 1. The third-order valence-corrected chi connectivity index (χ3v) is 5.15. The number of anilines is 1. The first-order valence-corrected chi connectivity index (χ1v) is 9.45. The summed E-state index contributed by atoms with van der Waals surface area (Å²) in [7, 11) is 1.45. The van der Waals surface area contributed by atoms with Gasteiger partial charge in [0.1, 0.15) is 24.1 Å². The summed E-state index contributed by atoms with van der Waals surface area (Å²) in [4.78, 5) is 29.2. The average Bonchev–Trinajstić information content (AvgIpc) is 3.00. The molecule has 162 valence electrons. The summed E-state index contributed by atoms with van der Waals surface area (Å²) in [6, 6.07) is 8.47. The van der Waals surface area contributed by atoms with Crippen molar-refractivity contribution >= 4 is 11.7 Å². The molecule has 1 saturated heterocycles. The third kappa shape index (κ3) is 4.00. The van der Waals surface area contributed by atoms with Crippen LogP contribution in [0.2, 0.25) is 0 Å². The SMILES string of the molecule is COCC[C@@]1(n2cc(C)c(NC(=O)c3ccccc3)nc2=O)O[C@H](CO)[C@@H](O)[C@H]1O. The number of aliphatic hydroxyl groups is 3. The van der Waals surface area contributed by atoms with E-state index in [1.807, 2.05) is 0 Å². The fourth-order valence-corrected chi connectivity index (χ4v) is 3.51. The molecule has 2 aromatic rings. The van der Waals surface area contributed by atoms with Crippen molar-refractivity contribution < 1.29 is 29.6 Å². The van der Waals surface area contributed by atoms with Gasteiger partial charge < -0.3 is 30.1 Å². The van der Waals surface area contributed by atoms with Gasteiger partial charge in [0.05, 0.1) is 13.2 Å². The first-order valence-electron chi connectivity index (χ1n) is 9.45. The fourth-order valence-electron chi connectivity index (χ4n) is 3.51. The zero-order valence-electron chi connectivity index (χ0n) is 16.7. The number of carbonyl (C=O) groups is 1. The Kier molecular flexibility index (Phi) is 6.64. The minimum atomic E-state index is -1.68. The number of methoxy groups -OCH3 is 1. The lowest BCUT2D eigenvalue weighted by molar-refractivity contribution is -0.161. The van der Waals surface area contributed by atoms with Crippen LogP contribution in [0.1, 0.15) is 22.3 Å². The Balaban J connectivity index is 1.98. The van der Waals surface area contributed by atoms with Crippen molar-refractivity contribution in [2.24, 2.45) is 0 Å². The van der Waals surface area contributed by atoms with Crippen molar-refractivity contribution in [3.05, 3.63) is 58.1 Å². The minimum Gasteiger partial charge on any atom is -0.394 e. The highest BCUT2D eigenvalue weighted by atomic mass is 16.6. The minimum absolute atomic E-state index is 0.0228. The summed E-state index contributed by atoms with van der Waals surface area (Å²) in [6.07, 6.45) is -2.58. The lowest BCUT2D eigenvalue weighted by Crippen LogP contribution is -2.51. The van der Waals surface area contributed by atoms with E-state index in [0.717, 1.165) is 4.57 Å². The molecule has 10 heteroatoms. The maximum Gasteiger partial charge on any atom is 0.351 e. The summed E-state index contributed by atoms with van der Waals surface area (Å²) in [5.74, 6) is -0.357. The molecule has 0 aliphatic carbocycles. The molecule has 1 aliphatic rings. The van der Waals surface area contributed by atoms with Crippen LogP contribution in [0.4, 0.5) is 5.82 Å². The molecular formula is C20H25N3O7. The summed E-state index contributed by atoms with van der Waals surface area (Å²) in [5, 5.41) is 33.0. The van der Waals surface area contributed by atoms with Crippen LogP contribution >= 0.6 is 0 Å². The van der Waals surface area contributed by atoms with E-state index in [9.17, 15) is 24.9 Å². The van der Waals surface area contributed by atoms with Gasteiger partial charge in [-0.2, -0.15) is 4.98 Å². The van der Waals surface area contributed by atoms with Crippen LogP contribution in [0.25, 0.3) is 0 Å². The van der Waals surface area contributed by atoms with Crippen molar-refractivity contribution in [1.29, 1.82) is 0 Å². The molecule has 10 nitrogen and oxygen atoms in total. The Hall–Kier alpha value is -2.63. The number of aliphatic hydroxyl groups excluding tert-OH is 3. The zero-order valence-corrected chi connectivity index (χ0v) is 16.7. The van der Waals surface area contributed by atoms with Gasteiger partial charge in [-0.25, -0.2) is 4.79 Å². The van der Waals surface area contributed by atoms with Gasteiger partial charge in [0.15, 0.2) is 5.72 Å². The topological polar surface area (TPSA) is 143 Å². The Morgan fingerprint density at radius 2 is 2.03 bits per heavy atom. The Morgan fingerprint density at radius 3 is 2.63 bits per heavy atom. The van der Waals surface area contributed by atoms with E-state index in [1.165, 1.54) is 13.3 Å². The molecule has 1 amide bonds. The summed E-state index contributed by atoms with van der Waals surface area (Å²) in [6.45, 7) is 1.20. The number of hydrogen-bond donors (Lipinski definition) is 4.